The van der Waals surface area contributed by atoms with Crippen LogP contribution in [0.2, 0.25) is 5.02 Å². The van der Waals surface area contributed by atoms with Crippen LogP contribution in [0, 0.1) is 0 Å². The van der Waals surface area contributed by atoms with Crippen LogP contribution in [0.5, 0.6) is 0 Å². The van der Waals surface area contributed by atoms with Gasteiger partial charge in [-0.15, -0.1) is 5.43 Å². The second-order valence-corrected chi connectivity index (χ2v) is 6.43. The molecule has 0 saturated heterocycles. The Morgan fingerprint density at radius 1 is 1.17 bits per heavy atom. The van der Waals surface area contributed by atoms with Crippen LogP contribution in [-0.2, 0) is 10.0 Å². The van der Waals surface area contributed by atoms with Crippen molar-refractivity contribution in [3.63, 3.8) is 0 Å². The maximum absolute atomic E-state index is 12.2. The molecular weight excluding hydrogens is 344 g/mol. The number of benzene rings is 1. The van der Waals surface area contributed by atoms with Crippen molar-refractivity contribution in [3.05, 3.63) is 58.9 Å². The number of primary sulfonamides is 1. The minimum Gasteiger partial charge on any atom is -0.365 e. The first-order valence-corrected chi connectivity index (χ1v) is 8.06. The van der Waals surface area contributed by atoms with Crippen molar-refractivity contribution >= 4 is 33.4 Å². The molecule has 5 N–H and O–H groups in total. The molecule has 0 saturated carbocycles. The lowest BCUT2D eigenvalue weighted by Gasteiger charge is -2.05. The van der Waals surface area contributed by atoms with E-state index in [-0.39, 0.29) is 21.0 Å². The Morgan fingerprint density at radius 3 is 2.48 bits per heavy atom. The number of sulfonamides is 1. The predicted octanol–water partition coefficient (Wildman–Crippen LogP) is -0.242. The highest BCUT2D eigenvalue weighted by Gasteiger charge is 2.18. The summed E-state index contributed by atoms with van der Waals surface area (Å²) in [7, 11) is -4.06. The summed E-state index contributed by atoms with van der Waals surface area (Å²) >= 11 is 5.75. The van der Waals surface area contributed by atoms with Crippen LogP contribution in [0.25, 0.3) is 0 Å². The van der Waals surface area contributed by atoms with Gasteiger partial charge in [0.2, 0.25) is 16.2 Å². The highest BCUT2D eigenvalue weighted by molar-refractivity contribution is 7.89. The number of amides is 2. The number of pyridine rings is 1. The maximum Gasteiger partial charge on any atom is 0.305 e. The van der Waals surface area contributed by atoms with Crippen LogP contribution in [0.3, 0.4) is 0 Å². The normalized spacial score (nSPS) is 11.0. The number of nitrogens with zero attached hydrogens (tertiary/aromatic N) is 1. The standard InChI is InChI=1S/C13H11ClN4O4S/c14-10-4-3-8(6-11(10)23(16,21)22)13(20)17-18-5-1-2-9(7-18)12(15)19/h1-7H,(H4-,15,16,17,19,20,21,22)/p+1. The molecule has 8 nitrogen and oxygen atoms in total. The minimum atomic E-state index is -4.06. The number of primary amides is 1. The summed E-state index contributed by atoms with van der Waals surface area (Å²) in [5.41, 5.74) is 7.80. The van der Waals surface area contributed by atoms with E-state index in [1.54, 1.807) is 0 Å². The zero-order chi connectivity index (χ0) is 17.2. The molecular formula is C13H12ClN4O4S+. The third kappa shape index (κ3) is 4.03. The highest BCUT2D eigenvalue weighted by Crippen LogP contribution is 2.21. The fraction of sp³-hybridized carbons (Fsp3) is 0. The van der Waals surface area contributed by atoms with Crippen molar-refractivity contribution in [2.45, 2.75) is 4.90 Å². The van der Waals surface area contributed by atoms with Gasteiger partial charge in [0.15, 0.2) is 6.20 Å². The number of rotatable bonds is 4. The topological polar surface area (TPSA) is 136 Å². The van der Waals surface area contributed by atoms with Gasteiger partial charge in [-0.05, 0) is 24.3 Å². The molecule has 23 heavy (non-hydrogen) atoms. The summed E-state index contributed by atoms with van der Waals surface area (Å²) in [6.45, 7) is 0. The Kier molecular flexibility index (Phi) is 4.64. The number of hydrogen-bond acceptors (Lipinski definition) is 4. The Labute approximate surface area is 136 Å². The van der Waals surface area contributed by atoms with Gasteiger partial charge in [0.1, 0.15) is 10.5 Å². The van der Waals surface area contributed by atoms with Crippen LogP contribution < -0.4 is 21.0 Å². The van der Waals surface area contributed by atoms with Gasteiger partial charge in [-0.2, -0.15) is 0 Å². The monoisotopic (exact) mass is 355 g/mol. The zero-order valence-corrected chi connectivity index (χ0v) is 13.1. The number of nitrogens with one attached hydrogen (secondary N) is 1. The SMILES string of the molecule is NC(=O)c1ccc[n+](NC(=O)c2ccc(Cl)c(S(N)(=O)=O)c2)c1. The molecule has 2 rings (SSSR count). The van der Waals surface area contributed by atoms with Crippen LogP contribution >= 0.6 is 11.6 Å². The average molecular weight is 356 g/mol. The summed E-state index contributed by atoms with van der Waals surface area (Å²) in [6.07, 6.45) is 2.79. The van der Waals surface area contributed by atoms with Crippen molar-refractivity contribution in [2.75, 3.05) is 5.43 Å². The van der Waals surface area contributed by atoms with E-state index in [0.29, 0.717) is 0 Å². The van der Waals surface area contributed by atoms with E-state index in [0.717, 1.165) is 6.07 Å². The molecule has 120 valence electrons. The summed E-state index contributed by atoms with van der Waals surface area (Å²) in [6, 6.07) is 6.64. The van der Waals surface area contributed by atoms with Crippen molar-refractivity contribution in [2.24, 2.45) is 10.9 Å². The molecule has 0 aliphatic heterocycles. The molecule has 0 unspecified atom stereocenters. The van der Waals surface area contributed by atoms with Crippen molar-refractivity contribution in [3.8, 4) is 0 Å². The number of carbonyl (C=O) groups is 2. The second-order valence-electron chi connectivity index (χ2n) is 4.50. The average Bonchev–Trinajstić information content (AvgIpc) is 2.46. The van der Waals surface area contributed by atoms with E-state index < -0.39 is 21.8 Å². The van der Waals surface area contributed by atoms with E-state index in [1.807, 2.05) is 0 Å². The van der Waals surface area contributed by atoms with Crippen LogP contribution in [0.15, 0.2) is 47.6 Å². The second kappa shape index (κ2) is 6.32. The lowest BCUT2D eigenvalue weighted by Crippen LogP contribution is -2.48. The quantitative estimate of drug-likeness (QED) is 0.652. The van der Waals surface area contributed by atoms with E-state index in [2.05, 4.69) is 5.43 Å². The largest absolute Gasteiger partial charge is 0.365 e. The molecule has 0 fully saturated rings. The van der Waals surface area contributed by atoms with Gasteiger partial charge in [0.25, 0.3) is 5.91 Å². The van der Waals surface area contributed by atoms with Crippen molar-refractivity contribution in [1.82, 2.24) is 0 Å². The molecule has 0 aliphatic rings. The molecule has 1 heterocycles. The third-order valence-electron chi connectivity index (χ3n) is 2.82. The third-order valence-corrected chi connectivity index (χ3v) is 4.21. The Balaban J connectivity index is 2.32. The van der Waals surface area contributed by atoms with E-state index in [9.17, 15) is 18.0 Å². The Morgan fingerprint density at radius 2 is 1.87 bits per heavy atom. The first-order valence-electron chi connectivity index (χ1n) is 6.13. The molecule has 2 amide bonds. The molecule has 2 aromatic rings. The first-order chi connectivity index (χ1) is 10.7. The smallest absolute Gasteiger partial charge is 0.305 e. The minimum absolute atomic E-state index is 0.0235. The van der Waals surface area contributed by atoms with Crippen molar-refractivity contribution in [1.29, 1.82) is 0 Å². The fourth-order valence-electron chi connectivity index (χ4n) is 1.74. The van der Waals surface area contributed by atoms with Crippen LogP contribution in [-0.4, -0.2) is 20.2 Å². The molecule has 0 spiro atoms. The van der Waals surface area contributed by atoms with Crippen LogP contribution in [0.4, 0.5) is 0 Å². The number of hydrogen-bond donors (Lipinski definition) is 3. The summed E-state index contributed by atoms with van der Waals surface area (Å²) in [4.78, 5) is 22.9. The van der Waals surface area contributed by atoms with Gasteiger partial charge >= 0.3 is 5.91 Å². The molecule has 0 atom stereocenters. The van der Waals surface area contributed by atoms with E-state index >= 15 is 0 Å². The molecule has 1 aromatic carbocycles. The summed E-state index contributed by atoms with van der Waals surface area (Å²) in [5.74, 6) is -1.28. The Bertz CT molecular complexity index is 899. The first kappa shape index (κ1) is 16.9. The van der Waals surface area contributed by atoms with Gasteiger partial charge in [-0.1, -0.05) is 16.3 Å². The van der Waals surface area contributed by atoms with Gasteiger partial charge in [-0.3, -0.25) is 9.59 Å². The lowest BCUT2D eigenvalue weighted by atomic mass is 10.2. The predicted molar refractivity (Wildman–Crippen MR) is 81.7 cm³/mol. The zero-order valence-electron chi connectivity index (χ0n) is 11.6. The lowest BCUT2D eigenvalue weighted by molar-refractivity contribution is -0.641. The molecule has 0 aliphatic carbocycles. The number of halogens is 1. The van der Waals surface area contributed by atoms with Crippen LogP contribution in [0.1, 0.15) is 20.7 Å². The molecule has 10 heteroatoms. The summed E-state index contributed by atoms with van der Waals surface area (Å²) in [5, 5.41) is 4.94. The van der Waals surface area contributed by atoms with E-state index in [1.165, 1.54) is 41.3 Å². The van der Waals surface area contributed by atoms with Gasteiger partial charge in [0, 0.05) is 11.6 Å². The number of nitrogens with two attached hydrogens (primary N) is 2. The molecule has 0 radical (unpaired) electrons. The van der Waals surface area contributed by atoms with Gasteiger partial charge < -0.3 is 5.73 Å². The number of aromatic nitrogens is 1. The molecule has 1 aromatic heterocycles. The Hall–Kier alpha value is -2.49. The summed E-state index contributed by atoms with van der Waals surface area (Å²) < 4.78 is 24.0. The number of carbonyl (C=O) groups excluding carboxylic acids is 2. The highest BCUT2D eigenvalue weighted by atomic mass is 35.5. The maximum atomic E-state index is 12.2. The fourth-order valence-corrected chi connectivity index (χ4v) is 2.81. The van der Waals surface area contributed by atoms with Gasteiger partial charge in [-0.25, -0.2) is 13.6 Å². The van der Waals surface area contributed by atoms with Gasteiger partial charge in [0.05, 0.1) is 5.02 Å². The van der Waals surface area contributed by atoms with E-state index in [4.69, 9.17) is 22.5 Å². The van der Waals surface area contributed by atoms with Crippen molar-refractivity contribution < 1.29 is 22.7 Å². The molecule has 0 bridgehead atoms.